The van der Waals surface area contributed by atoms with Crippen molar-refractivity contribution in [1.29, 1.82) is 0 Å². The Labute approximate surface area is 107 Å². The van der Waals surface area contributed by atoms with Crippen LogP contribution in [-0.2, 0) is 16.1 Å². The number of ether oxygens (including phenoxy) is 1. The number of carbonyl (C=O) groups is 1. The van der Waals surface area contributed by atoms with E-state index in [0.717, 1.165) is 32.2 Å². The van der Waals surface area contributed by atoms with Crippen LogP contribution in [0.5, 0.6) is 0 Å². The maximum Gasteiger partial charge on any atom is 0.326 e. The van der Waals surface area contributed by atoms with Gasteiger partial charge in [0, 0.05) is 18.9 Å². The molecule has 0 aliphatic heterocycles. The van der Waals surface area contributed by atoms with Gasteiger partial charge >= 0.3 is 5.97 Å². The van der Waals surface area contributed by atoms with Gasteiger partial charge in [-0.2, -0.15) is 0 Å². The summed E-state index contributed by atoms with van der Waals surface area (Å²) >= 11 is 0. The third kappa shape index (κ3) is 2.56. The fraction of sp³-hybridized carbons (Fsp3) is 0.692. The molecule has 1 fully saturated rings. The van der Waals surface area contributed by atoms with E-state index in [1.54, 1.807) is 12.5 Å². The Morgan fingerprint density at radius 3 is 3.17 bits per heavy atom. The molecular formula is C13H21N3O2. The molecule has 2 atom stereocenters. The number of nitrogens with two attached hydrogens (primary N) is 1. The summed E-state index contributed by atoms with van der Waals surface area (Å²) in [5, 5.41) is 0. The van der Waals surface area contributed by atoms with Crippen molar-refractivity contribution in [2.45, 2.75) is 44.7 Å². The molecule has 18 heavy (non-hydrogen) atoms. The molecule has 100 valence electrons. The van der Waals surface area contributed by atoms with Crippen LogP contribution in [0.2, 0.25) is 0 Å². The summed E-state index contributed by atoms with van der Waals surface area (Å²) in [6, 6.07) is 0. The van der Waals surface area contributed by atoms with Gasteiger partial charge in [0.15, 0.2) is 0 Å². The topological polar surface area (TPSA) is 70.1 Å². The van der Waals surface area contributed by atoms with E-state index in [4.69, 9.17) is 10.5 Å². The second-order valence-electron chi connectivity index (χ2n) is 4.94. The SMILES string of the molecule is CCOC(=O)C1(N)CCCC1CCn1ccnc1. The molecule has 1 saturated carbocycles. The smallest absolute Gasteiger partial charge is 0.326 e. The van der Waals surface area contributed by atoms with Crippen molar-refractivity contribution in [3.05, 3.63) is 18.7 Å². The van der Waals surface area contributed by atoms with Crippen LogP contribution in [-0.4, -0.2) is 27.7 Å². The van der Waals surface area contributed by atoms with Crippen molar-refractivity contribution < 1.29 is 9.53 Å². The van der Waals surface area contributed by atoms with Gasteiger partial charge in [0.2, 0.25) is 0 Å². The maximum absolute atomic E-state index is 12.0. The van der Waals surface area contributed by atoms with Crippen LogP contribution in [0.4, 0.5) is 0 Å². The fourth-order valence-corrected chi connectivity index (χ4v) is 2.76. The molecule has 1 aliphatic rings. The number of imidazole rings is 1. The van der Waals surface area contributed by atoms with E-state index in [-0.39, 0.29) is 11.9 Å². The fourth-order valence-electron chi connectivity index (χ4n) is 2.76. The van der Waals surface area contributed by atoms with Crippen molar-refractivity contribution in [1.82, 2.24) is 9.55 Å². The minimum Gasteiger partial charge on any atom is -0.465 e. The number of aromatic nitrogens is 2. The zero-order valence-electron chi connectivity index (χ0n) is 10.8. The van der Waals surface area contributed by atoms with Crippen molar-refractivity contribution in [2.24, 2.45) is 11.7 Å². The van der Waals surface area contributed by atoms with Gasteiger partial charge in [-0.15, -0.1) is 0 Å². The Hall–Kier alpha value is -1.36. The van der Waals surface area contributed by atoms with Crippen LogP contribution in [0.3, 0.4) is 0 Å². The molecule has 1 aromatic heterocycles. The number of aryl methyl sites for hydroxylation is 1. The predicted molar refractivity (Wildman–Crippen MR) is 67.7 cm³/mol. The van der Waals surface area contributed by atoms with Crippen LogP contribution < -0.4 is 5.73 Å². The van der Waals surface area contributed by atoms with Crippen LogP contribution >= 0.6 is 0 Å². The normalized spacial score (nSPS) is 27.3. The maximum atomic E-state index is 12.0. The lowest BCUT2D eigenvalue weighted by molar-refractivity contribution is -0.151. The summed E-state index contributed by atoms with van der Waals surface area (Å²) in [5.74, 6) is -0.0305. The molecule has 2 N–H and O–H groups in total. The second-order valence-corrected chi connectivity index (χ2v) is 4.94. The number of esters is 1. The Bertz CT molecular complexity index is 391. The van der Waals surface area contributed by atoms with E-state index < -0.39 is 5.54 Å². The van der Waals surface area contributed by atoms with Gasteiger partial charge in [-0.3, -0.25) is 4.79 Å². The van der Waals surface area contributed by atoms with E-state index in [1.807, 2.05) is 17.7 Å². The highest BCUT2D eigenvalue weighted by molar-refractivity contribution is 5.81. The summed E-state index contributed by atoms with van der Waals surface area (Å²) < 4.78 is 7.13. The van der Waals surface area contributed by atoms with Crippen molar-refractivity contribution in [2.75, 3.05) is 6.61 Å². The molecular weight excluding hydrogens is 230 g/mol. The van der Waals surface area contributed by atoms with Crippen molar-refractivity contribution >= 4 is 5.97 Å². The molecule has 0 amide bonds. The molecule has 1 heterocycles. The predicted octanol–water partition coefficient (Wildman–Crippen LogP) is 1.33. The highest BCUT2D eigenvalue weighted by Gasteiger charge is 2.46. The Morgan fingerprint density at radius 2 is 2.50 bits per heavy atom. The average molecular weight is 251 g/mol. The standard InChI is InChI=1S/C13H21N3O2/c1-2-18-12(17)13(14)6-3-4-11(13)5-8-16-9-7-15-10-16/h7,9-11H,2-6,8,14H2,1H3. The highest BCUT2D eigenvalue weighted by atomic mass is 16.5. The van der Waals surface area contributed by atoms with Crippen molar-refractivity contribution in [3.8, 4) is 0 Å². The first-order valence-corrected chi connectivity index (χ1v) is 6.58. The quantitative estimate of drug-likeness (QED) is 0.802. The summed E-state index contributed by atoms with van der Waals surface area (Å²) in [4.78, 5) is 16.0. The zero-order valence-corrected chi connectivity index (χ0v) is 10.8. The number of carbonyl (C=O) groups excluding carboxylic acids is 1. The van der Waals surface area contributed by atoms with Crippen LogP contribution in [0.15, 0.2) is 18.7 Å². The average Bonchev–Trinajstić information content (AvgIpc) is 2.97. The number of rotatable bonds is 5. The Morgan fingerprint density at radius 1 is 1.67 bits per heavy atom. The summed E-state index contributed by atoms with van der Waals surface area (Å²) in [6.45, 7) is 3.06. The molecule has 1 aliphatic carbocycles. The summed E-state index contributed by atoms with van der Waals surface area (Å²) in [7, 11) is 0. The monoisotopic (exact) mass is 251 g/mol. The third-order valence-corrected chi connectivity index (χ3v) is 3.82. The largest absolute Gasteiger partial charge is 0.465 e. The first kappa shape index (κ1) is 13.1. The van der Waals surface area contributed by atoms with E-state index in [1.165, 1.54) is 0 Å². The van der Waals surface area contributed by atoms with Gasteiger partial charge in [0.1, 0.15) is 5.54 Å². The van der Waals surface area contributed by atoms with E-state index in [9.17, 15) is 4.79 Å². The molecule has 0 spiro atoms. The van der Waals surface area contributed by atoms with Gasteiger partial charge in [-0.1, -0.05) is 6.42 Å². The van der Waals surface area contributed by atoms with E-state index >= 15 is 0 Å². The minimum atomic E-state index is -0.781. The Balaban J connectivity index is 1.96. The molecule has 0 saturated heterocycles. The molecule has 0 radical (unpaired) electrons. The second kappa shape index (κ2) is 5.52. The van der Waals surface area contributed by atoms with Gasteiger partial charge < -0.3 is 15.0 Å². The molecule has 0 bridgehead atoms. The van der Waals surface area contributed by atoms with Gasteiger partial charge in [-0.05, 0) is 32.1 Å². The molecule has 2 rings (SSSR count). The molecule has 5 nitrogen and oxygen atoms in total. The van der Waals surface area contributed by atoms with Gasteiger partial charge in [0.05, 0.1) is 12.9 Å². The molecule has 5 heteroatoms. The first-order valence-electron chi connectivity index (χ1n) is 6.58. The minimum absolute atomic E-state index is 0.207. The lowest BCUT2D eigenvalue weighted by Crippen LogP contribution is -2.52. The first-order chi connectivity index (χ1) is 8.66. The van der Waals surface area contributed by atoms with Crippen LogP contribution in [0, 0.1) is 5.92 Å². The lowest BCUT2D eigenvalue weighted by Gasteiger charge is -2.29. The number of hydrogen-bond acceptors (Lipinski definition) is 4. The molecule has 2 unspecified atom stereocenters. The zero-order chi connectivity index (χ0) is 13.0. The molecule has 0 aromatic carbocycles. The van der Waals surface area contributed by atoms with E-state index in [2.05, 4.69) is 4.98 Å². The van der Waals surface area contributed by atoms with Crippen LogP contribution in [0.25, 0.3) is 0 Å². The Kier molecular flexibility index (Phi) is 4.01. The van der Waals surface area contributed by atoms with Crippen molar-refractivity contribution in [3.63, 3.8) is 0 Å². The summed E-state index contributed by atoms with van der Waals surface area (Å²) in [6.07, 6.45) is 9.12. The molecule has 1 aromatic rings. The van der Waals surface area contributed by atoms with Gasteiger partial charge in [0.25, 0.3) is 0 Å². The lowest BCUT2D eigenvalue weighted by atomic mass is 9.85. The van der Waals surface area contributed by atoms with Gasteiger partial charge in [-0.25, -0.2) is 4.98 Å². The highest BCUT2D eigenvalue weighted by Crippen LogP contribution is 2.37. The third-order valence-electron chi connectivity index (χ3n) is 3.82. The van der Waals surface area contributed by atoms with Crippen LogP contribution in [0.1, 0.15) is 32.6 Å². The number of hydrogen-bond donors (Lipinski definition) is 1. The summed E-state index contributed by atoms with van der Waals surface area (Å²) in [5.41, 5.74) is 5.49. The number of nitrogens with zero attached hydrogens (tertiary/aromatic N) is 2. The van der Waals surface area contributed by atoms with E-state index in [0.29, 0.717) is 6.61 Å².